The first kappa shape index (κ1) is 10.0. The van der Waals surface area contributed by atoms with Crippen LogP contribution in [0.15, 0.2) is 0 Å². The van der Waals surface area contributed by atoms with E-state index in [0.29, 0.717) is 0 Å². The average Bonchev–Trinajstić information content (AvgIpc) is 1.62. The van der Waals surface area contributed by atoms with Gasteiger partial charge in [-0.15, -0.1) is 0 Å². The molecule has 0 aromatic carbocycles. The molecule has 0 aliphatic rings. The van der Waals surface area contributed by atoms with Crippen LogP contribution in [0.3, 0.4) is 0 Å². The lowest BCUT2D eigenvalue weighted by molar-refractivity contribution is 0.0427. The van der Waals surface area contributed by atoms with Gasteiger partial charge in [-0.2, -0.15) is 4.89 Å². The first-order chi connectivity index (χ1) is 4.19. The van der Waals surface area contributed by atoms with Gasteiger partial charge in [-0.1, -0.05) is 0 Å². The van der Waals surface area contributed by atoms with Crippen LogP contribution in [-0.2, 0) is 4.57 Å². The molecule has 0 spiro atoms. The van der Waals surface area contributed by atoms with Gasteiger partial charge in [-0.3, -0.25) is 0 Å². The third-order valence-corrected chi connectivity index (χ3v) is 3.48. The van der Waals surface area contributed by atoms with Crippen LogP contribution < -0.4 is 0 Å². The van der Waals surface area contributed by atoms with E-state index in [2.05, 4.69) is 0 Å². The zero-order chi connectivity index (χ0) is 8.58. The van der Waals surface area contributed by atoms with Crippen LogP contribution in [0.2, 0.25) is 0 Å². The first-order valence-corrected chi connectivity index (χ1v) is 4.29. The molecule has 1 unspecified atom stereocenters. The van der Waals surface area contributed by atoms with Crippen molar-refractivity contribution >= 4 is 8.03 Å². The Hall–Kier alpha value is 0.0200. The topological polar surface area (TPSA) is 57.5 Å². The summed E-state index contributed by atoms with van der Waals surface area (Å²) in [6.07, 6.45) is 0. The summed E-state index contributed by atoms with van der Waals surface area (Å²) in [7, 11) is -2.33. The van der Waals surface area contributed by atoms with Crippen molar-refractivity contribution in [2.24, 2.45) is 0 Å². The smallest absolute Gasteiger partial charge is 0.385 e. The zero-order valence-corrected chi connectivity index (χ0v) is 7.64. The Bertz CT molecular complexity index is 146. The molecule has 0 aromatic rings. The fourth-order valence-corrected chi connectivity index (χ4v) is 0.702. The maximum atomic E-state index is 10.7. The van der Waals surface area contributed by atoms with Crippen LogP contribution in [0.4, 0.5) is 0 Å². The summed E-state index contributed by atoms with van der Waals surface area (Å²) in [6.45, 7) is 6.17. The van der Waals surface area contributed by atoms with E-state index in [-0.39, 0.29) is 0 Å². The molecular formula is C6H14O3P+. The van der Waals surface area contributed by atoms with Crippen molar-refractivity contribution in [3.63, 3.8) is 0 Å². The molecule has 10 heavy (non-hydrogen) atoms. The normalized spacial score (nSPS) is 15.2. The fourth-order valence-electron chi connectivity index (χ4n) is 0.234. The van der Waals surface area contributed by atoms with Crippen LogP contribution in [0.25, 0.3) is 0 Å². The minimum absolute atomic E-state index is 0.942. The molecule has 4 heteroatoms. The van der Waals surface area contributed by atoms with Crippen molar-refractivity contribution in [3.05, 3.63) is 0 Å². The van der Waals surface area contributed by atoms with Crippen LogP contribution in [0.1, 0.15) is 27.7 Å². The van der Waals surface area contributed by atoms with Crippen LogP contribution >= 0.6 is 8.03 Å². The van der Waals surface area contributed by atoms with Gasteiger partial charge in [0.05, 0.1) is 0 Å². The Balaban J connectivity index is 4.57. The fraction of sp³-hybridized carbons (Fsp3) is 1.00. The monoisotopic (exact) mass is 165 g/mol. The van der Waals surface area contributed by atoms with E-state index in [1.807, 2.05) is 0 Å². The van der Waals surface area contributed by atoms with E-state index in [0.717, 1.165) is 0 Å². The second-order valence-electron chi connectivity index (χ2n) is 3.39. The Morgan fingerprint density at radius 3 is 1.50 bits per heavy atom. The van der Waals surface area contributed by atoms with E-state index in [9.17, 15) is 9.67 Å². The minimum Gasteiger partial charge on any atom is -0.385 e. The minimum atomic E-state index is -2.33. The molecule has 0 amide bonds. The number of rotatable bonds is 2. The van der Waals surface area contributed by atoms with Crippen molar-refractivity contribution in [2.75, 3.05) is 0 Å². The van der Waals surface area contributed by atoms with E-state index in [4.69, 9.17) is 4.89 Å². The van der Waals surface area contributed by atoms with Crippen LogP contribution in [-0.4, -0.2) is 20.8 Å². The molecule has 60 valence electrons. The lowest BCUT2D eigenvalue weighted by Gasteiger charge is -2.25. The summed E-state index contributed by atoms with van der Waals surface area (Å²) < 4.78 is 10.7. The van der Waals surface area contributed by atoms with Crippen LogP contribution in [0.5, 0.6) is 0 Å². The highest BCUT2D eigenvalue weighted by Crippen LogP contribution is 2.42. The van der Waals surface area contributed by atoms with Gasteiger partial charge in [0.2, 0.25) is 5.16 Å². The summed E-state index contributed by atoms with van der Waals surface area (Å²) >= 11 is 0. The molecule has 0 radical (unpaired) electrons. The number of hydrogen-bond donors (Lipinski definition) is 2. The largest absolute Gasteiger partial charge is 0.514 e. The highest BCUT2D eigenvalue weighted by atomic mass is 31.1. The third-order valence-electron chi connectivity index (χ3n) is 1.98. The molecule has 2 N–H and O–H groups in total. The van der Waals surface area contributed by atoms with Gasteiger partial charge in [-0.25, -0.2) is 0 Å². The molecule has 0 aliphatic heterocycles. The zero-order valence-electron chi connectivity index (χ0n) is 6.75. The Morgan fingerprint density at radius 2 is 1.50 bits per heavy atom. The standard InChI is InChI=1S/C6H13O3P/c1-5(2,7)6(3,4)10(8)9/h7H,1-4H3/p+1. The quantitative estimate of drug-likeness (QED) is 0.606. The van der Waals surface area contributed by atoms with E-state index < -0.39 is 18.8 Å². The van der Waals surface area contributed by atoms with Crippen LogP contribution in [0, 0.1) is 0 Å². The van der Waals surface area contributed by atoms with Crippen molar-refractivity contribution in [1.29, 1.82) is 0 Å². The molecule has 3 nitrogen and oxygen atoms in total. The van der Waals surface area contributed by atoms with Crippen molar-refractivity contribution in [3.8, 4) is 0 Å². The van der Waals surface area contributed by atoms with Gasteiger partial charge in [0, 0.05) is 0 Å². The van der Waals surface area contributed by atoms with Gasteiger partial charge in [-0.05, 0) is 32.3 Å². The second kappa shape index (κ2) is 2.57. The molecule has 0 rings (SSSR count). The number of aliphatic hydroxyl groups is 1. The van der Waals surface area contributed by atoms with E-state index in [1.54, 1.807) is 13.8 Å². The third kappa shape index (κ3) is 1.75. The molecule has 0 saturated carbocycles. The molecular weight excluding hydrogens is 151 g/mol. The molecule has 0 bridgehead atoms. The average molecular weight is 165 g/mol. The highest BCUT2D eigenvalue weighted by Gasteiger charge is 2.51. The highest BCUT2D eigenvalue weighted by molar-refractivity contribution is 7.40. The Morgan fingerprint density at radius 1 is 1.20 bits per heavy atom. The lowest BCUT2D eigenvalue weighted by atomic mass is 9.94. The molecule has 0 saturated heterocycles. The molecule has 0 aliphatic carbocycles. The van der Waals surface area contributed by atoms with Gasteiger partial charge in [0.15, 0.2) is 0 Å². The summed E-state index contributed by atoms with van der Waals surface area (Å²) in [6, 6.07) is 0. The summed E-state index contributed by atoms with van der Waals surface area (Å²) in [4.78, 5) is 8.77. The Labute approximate surface area is 61.9 Å². The summed E-state index contributed by atoms with van der Waals surface area (Å²) in [5, 5.41) is 8.43. The van der Waals surface area contributed by atoms with Gasteiger partial charge in [0.1, 0.15) is 5.60 Å². The predicted molar refractivity (Wildman–Crippen MR) is 40.2 cm³/mol. The van der Waals surface area contributed by atoms with E-state index in [1.165, 1.54) is 13.8 Å². The maximum absolute atomic E-state index is 10.7. The summed E-state index contributed by atoms with van der Waals surface area (Å²) in [5.74, 6) is 0. The van der Waals surface area contributed by atoms with Gasteiger partial charge < -0.3 is 5.11 Å². The molecule has 0 aromatic heterocycles. The lowest BCUT2D eigenvalue weighted by Crippen LogP contribution is -2.41. The van der Waals surface area contributed by atoms with Crippen molar-refractivity contribution in [1.82, 2.24) is 0 Å². The van der Waals surface area contributed by atoms with Crippen molar-refractivity contribution in [2.45, 2.75) is 38.5 Å². The van der Waals surface area contributed by atoms with Crippen molar-refractivity contribution < 1.29 is 14.6 Å². The maximum Gasteiger partial charge on any atom is 0.514 e. The molecule has 0 heterocycles. The molecule has 1 atom stereocenters. The second-order valence-corrected chi connectivity index (χ2v) is 5.05. The first-order valence-electron chi connectivity index (χ1n) is 3.08. The Kier molecular flexibility index (Phi) is 2.58. The number of hydrogen-bond acceptors (Lipinski definition) is 2. The van der Waals surface area contributed by atoms with E-state index >= 15 is 0 Å². The SMILES string of the molecule is CC(C)(O)C(C)(C)[P+](=O)O. The predicted octanol–water partition coefficient (Wildman–Crippen LogP) is 1.27. The van der Waals surface area contributed by atoms with Gasteiger partial charge in [0.25, 0.3) is 0 Å². The molecule has 0 fully saturated rings. The summed E-state index contributed by atoms with van der Waals surface area (Å²) in [5.41, 5.74) is -1.12. The van der Waals surface area contributed by atoms with Gasteiger partial charge >= 0.3 is 8.03 Å².